The molecule has 10 heavy (non-hydrogen) atoms. The fourth-order valence-corrected chi connectivity index (χ4v) is 0.234. The fraction of sp³-hybridized carbons (Fsp3) is 0.250. The van der Waals surface area contributed by atoms with Crippen molar-refractivity contribution in [3.8, 4) is 0 Å². The first-order valence-corrected chi connectivity index (χ1v) is 2.16. The second-order valence-electron chi connectivity index (χ2n) is 1.43. The minimum absolute atomic E-state index is 1.49. The van der Waals surface area contributed by atoms with Crippen LogP contribution in [-0.2, 0) is 9.59 Å². The van der Waals surface area contributed by atoms with E-state index in [0.717, 1.165) is 0 Å². The number of hydrogen-bond donors (Lipinski definition) is 4. The van der Waals surface area contributed by atoms with Crippen molar-refractivity contribution in [2.75, 3.05) is 0 Å². The molecule has 6 heteroatoms. The number of carboxylic acid groups (broad SMARTS) is 2. The first-order valence-electron chi connectivity index (χ1n) is 2.16. The molecule has 6 nitrogen and oxygen atoms in total. The van der Waals surface area contributed by atoms with Crippen molar-refractivity contribution >= 4 is 11.9 Å². The molecule has 0 aromatic heterocycles. The van der Waals surface area contributed by atoms with Gasteiger partial charge in [0.25, 0.3) is 0 Å². The highest BCUT2D eigenvalue weighted by Gasteiger charge is 2.31. The first kappa shape index (κ1) is 8.86. The molecule has 0 saturated heterocycles. The maximum absolute atomic E-state index is 9.75. The van der Waals surface area contributed by atoms with Gasteiger partial charge in [-0.3, -0.25) is 0 Å². The van der Waals surface area contributed by atoms with Gasteiger partial charge in [-0.2, -0.15) is 0 Å². The Kier molecular flexibility index (Phi) is 2.78. The van der Waals surface area contributed by atoms with Crippen LogP contribution in [0, 0.1) is 6.10 Å². The molecule has 1 radical (unpaired) electrons. The first-order chi connectivity index (χ1) is 4.46. The van der Waals surface area contributed by atoms with Crippen LogP contribution in [0.25, 0.3) is 0 Å². The van der Waals surface area contributed by atoms with Crippen LogP contribution in [0.2, 0.25) is 0 Å². The maximum atomic E-state index is 9.75. The second-order valence-corrected chi connectivity index (χ2v) is 1.43. The molecule has 0 rings (SSSR count). The van der Waals surface area contributed by atoms with Gasteiger partial charge in [0.15, 0.2) is 6.10 Å². The summed E-state index contributed by atoms with van der Waals surface area (Å²) in [6, 6.07) is 0. The van der Waals surface area contributed by atoms with Gasteiger partial charge in [0, 0.05) is 0 Å². The summed E-state index contributed by atoms with van der Waals surface area (Å²) in [6.45, 7) is 0. The summed E-state index contributed by atoms with van der Waals surface area (Å²) < 4.78 is 0. The largest absolute Gasteiger partial charge is 0.479 e. The predicted octanol–water partition coefficient (Wildman–Crippen LogP) is -1.58. The van der Waals surface area contributed by atoms with Crippen LogP contribution < -0.4 is 0 Å². The van der Waals surface area contributed by atoms with Crippen molar-refractivity contribution in [1.29, 1.82) is 0 Å². The fourth-order valence-electron chi connectivity index (χ4n) is 0.234. The molecule has 0 aromatic rings. The van der Waals surface area contributed by atoms with Crippen LogP contribution in [-0.4, -0.2) is 38.5 Å². The van der Waals surface area contributed by atoms with E-state index in [1.54, 1.807) is 0 Å². The van der Waals surface area contributed by atoms with Gasteiger partial charge in [-0.1, -0.05) is 0 Å². The molecule has 57 valence electrons. The van der Waals surface area contributed by atoms with E-state index in [2.05, 4.69) is 0 Å². The number of hydrogen-bond acceptors (Lipinski definition) is 4. The van der Waals surface area contributed by atoms with Gasteiger partial charge < -0.3 is 20.4 Å². The number of aliphatic hydroxyl groups excluding tert-OH is 2. The number of carbonyl (C=O) groups is 2. The number of aliphatic hydroxyl groups is 2. The van der Waals surface area contributed by atoms with Crippen LogP contribution in [0.15, 0.2) is 0 Å². The number of aliphatic carboxylic acids is 2. The molecule has 0 fully saturated rings. The van der Waals surface area contributed by atoms with Gasteiger partial charge in [0.05, 0.1) is 0 Å². The van der Waals surface area contributed by atoms with Crippen LogP contribution in [0.4, 0.5) is 0 Å². The highest BCUT2D eigenvalue weighted by molar-refractivity contribution is 5.89. The molecule has 0 aliphatic rings. The number of carboxylic acids is 2. The summed E-state index contributed by atoms with van der Waals surface area (Å²) in [4.78, 5) is 19.5. The topological polar surface area (TPSA) is 115 Å². The van der Waals surface area contributed by atoms with Crippen LogP contribution in [0.3, 0.4) is 0 Å². The third-order valence-corrected chi connectivity index (χ3v) is 0.712. The highest BCUT2D eigenvalue weighted by atomic mass is 16.4. The molecule has 0 saturated carbocycles. The average molecular weight is 149 g/mol. The van der Waals surface area contributed by atoms with Crippen molar-refractivity contribution in [3.05, 3.63) is 6.10 Å². The molecule has 1 atom stereocenters. The standard InChI is InChI=1S/C4H5O6/c5-1(3(7)8)2(6)4(9)10/h1,5-6H,(H,7,8)(H,9,10)/t1-/m1/s1. The van der Waals surface area contributed by atoms with E-state index in [9.17, 15) is 9.59 Å². The van der Waals surface area contributed by atoms with E-state index in [-0.39, 0.29) is 0 Å². The lowest BCUT2D eigenvalue weighted by Gasteiger charge is -2.05. The molecular formula is C4H5O6. The summed E-state index contributed by atoms with van der Waals surface area (Å²) in [5.41, 5.74) is 0. The van der Waals surface area contributed by atoms with Gasteiger partial charge in [0.1, 0.15) is 0 Å². The molecule has 0 aliphatic carbocycles. The van der Waals surface area contributed by atoms with Gasteiger partial charge in [-0.25, -0.2) is 9.59 Å². The van der Waals surface area contributed by atoms with Crippen molar-refractivity contribution in [3.63, 3.8) is 0 Å². The summed E-state index contributed by atoms with van der Waals surface area (Å²) >= 11 is 0. The van der Waals surface area contributed by atoms with E-state index in [1.807, 2.05) is 0 Å². The Morgan fingerprint density at radius 1 is 1.10 bits per heavy atom. The lowest BCUT2D eigenvalue weighted by Crippen LogP contribution is -2.32. The zero-order valence-corrected chi connectivity index (χ0v) is 4.68. The Bertz CT molecular complexity index is 134. The van der Waals surface area contributed by atoms with Gasteiger partial charge in [0.2, 0.25) is 6.10 Å². The average Bonchev–Trinajstić information content (AvgIpc) is 1.84. The summed E-state index contributed by atoms with van der Waals surface area (Å²) in [5, 5.41) is 32.3. The summed E-state index contributed by atoms with van der Waals surface area (Å²) in [6.07, 6.45) is -3.84. The van der Waals surface area contributed by atoms with Gasteiger partial charge in [-0.05, 0) is 0 Å². The molecule has 0 aliphatic heterocycles. The van der Waals surface area contributed by atoms with E-state index >= 15 is 0 Å². The second kappa shape index (κ2) is 3.14. The lowest BCUT2D eigenvalue weighted by atomic mass is 10.2. The normalized spacial score (nSPS) is 13.1. The molecule has 0 bridgehead atoms. The Morgan fingerprint density at radius 3 is 1.60 bits per heavy atom. The minimum Gasteiger partial charge on any atom is -0.479 e. The van der Waals surface area contributed by atoms with Crippen LogP contribution in [0.5, 0.6) is 0 Å². The quantitative estimate of drug-likeness (QED) is 0.385. The van der Waals surface area contributed by atoms with Crippen molar-refractivity contribution < 1.29 is 30.0 Å². The molecule has 4 N–H and O–H groups in total. The highest BCUT2D eigenvalue weighted by Crippen LogP contribution is 2.01. The van der Waals surface area contributed by atoms with Crippen LogP contribution >= 0.6 is 0 Å². The summed E-state index contributed by atoms with van der Waals surface area (Å²) in [5.74, 6) is -3.66. The predicted molar refractivity (Wildman–Crippen MR) is 26.5 cm³/mol. The Labute approximate surface area is 55.3 Å². The third-order valence-electron chi connectivity index (χ3n) is 0.712. The van der Waals surface area contributed by atoms with Crippen LogP contribution in [0.1, 0.15) is 0 Å². The molecule has 0 aromatic carbocycles. The number of rotatable bonds is 3. The molecule has 0 spiro atoms. The molecule has 0 heterocycles. The molecular weight excluding hydrogens is 144 g/mol. The van der Waals surface area contributed by atoms with Crippen molar-refractivity contribution in [2.24, 2.45) is 0 Å². The zero-order valence-electron chi connectivity index (χ0n) is 4.68. The summed E-state index contributed by atoms with van der Waals surface area (Å²) in [7, 11) is 0. The van der Waals surface area contributed by atoms with Crippen molar-refractivity contribution in [2.45, 2.75) is 6.10 Å². The maximum Gasteiger partial charge on any atom is 0.343 e. The monoisotopic (exact) mass is 149 g/mol. The van der Waals surface area contributed by atoms with E-state index < -0.39 is 24.1 Å². The van der Waals surface area contributed by atoms with Crippen molar-refractivity contribution in [1.82, 2.24) is 0 Å². The third kappa shape index (κ3) is 2.00. The molecule has 0 amide bonds. The Balaban J connectivity index is 4.07. The Morgan fingerprint density at radius 2 is 1.50 bits per heavy atom. The van der Waals surface area contributed by atoms with Gasteiger partial charge >= 0.3 is 11.9 Å². The lowest BCUT2D eigenvalue weighted by molar-refractivity contribution is -0.156. The van der Waals surface area contributed by atoms with E-state index in [1.165, 1.54) is 0 Å². The zero-order chi connectivity index (χ0) is 8.31. The smallest absolute Gasteiger partial charge is 0.343 e. The van der Waals surface area contributed by atoms with E-state index in [0.29, 0.717) is 0 Å². The Hall–Kier alpha value is -1.14. The van der Waals surface area contributed by atoms with E-state index in [4.69, 9.17) is 20.4 Å². The SMILES string of the molecule is O=C(O)[C](O)[C@@H](O)C(=O)O. The minimum atomic E-state index is -2.35. The van der Waals surface area contributed by atoms with Gasteiger partial charge in [-0.15, -0.1) is 0 Å². The molecule has 0 unspecified atom stereocenters.